The molecule has 3 rings (SSSR count). The van der Waals surface area contributed by atoms with E-state index >= 15 is 0 Å². The SMILES string of the molecule is CC1CN(C(N)=NCC2CC23CCOCC3)CCO1. The van der Waals surface area contributed by atoms with E-state index in [1.165, 1.54) is 19.3 Å². The lowest BCUT2D eigenvalue weighted by molar-refractivity contribution is 0.00526. The van der Waals surface area contributed by atoms with Crippen molar-refractivity contribution in [3.63, 3.8) is 0 Å². The lowest BCUT2D eigenvalue weighted by Gasteiger charge is -2.31. The van der Waals surface area contributed by atoms with E-state index in [2.05, 4.69) is 16.8 Å². The first-order valence-electron chi connectivity index (χ1n) is 7.44. The molecule has 1 saturated carbocycles. The molecule has 0 radical (unpaired) electrons. The summed E-state index contributed by atoms with van der Waals surface area (Å²) in [4.78, 5) is 6.76. The van der Waals surface area contributed by atoms with E-state index < -0.39 is 0 Å². The van der Waals surface area contributed by atoms with Crippen molar-refractivity contribution in [1.82, 2.24) is 4.90 Å². The highest BCUT2D eigenvalue weighted by atomic mass is 16.5. The van der Waals surface area contributed by atoms with Crippen molar-refractivity contribution in [3.05, 3.63) is 0 Å². The van der Waals surface area contributed by atoms with Gasteiger partial charge in [-0.3, -0.25) is 4.99 Å². The van der Waals surface area contributed by atoms with Gasteiger partial charge in [0.05, 0.1) is 12.7 Å². The van der Waals surface area contributed by atoms with Crippen LogP contribution in [-0.4, -0.2) is 56.4 Å². The predicted molar refractivity (Wildman–Crippen MR) is 74.1 cm³/mol. The molecule has 0 bridgehead atoms. The van der Waals surface area contributed by atoms with Crippen molar-refractivity contribution >= 4 is 5.96 Å². The molecule has 2 unspecified atom stereocenters. The summed E-state index contributed by atoms with van der Waals surface area (Å²) >= 11 is 0. The van der Waals surface area contributed by atoms with Crippen molar-refractivity contribution in [1.29, 1.82) is 0 Å². The maximum Gasteiger partial charge on any atom is 0.191 e. The topological polar surface area (TPSA) is 60.1 Å². The van der Waals surface area contributed by atoms with E-state index in [0.29, 0.717) is 11.4 Å². The number of aliphatic imine (C=N–C) groups is 1. The zero-order chi connectivity index (χ0) is 13.3. The Hall–Kier alpha value is -0.810. The Bertz CT molecular complexity index is 353. The second-order valence-corrected chi connectivity index (χ2v) is 6.20. The quantitative estimate of drug-likeness (QED) is 0.595. The molecule has 2 saturated heterocycles. The zero-order valence-corrected chi connectivity index (χ0v) is 11.8. The second kappa shape index (κ2) is 5.29. The molecule has 1 spiro atoms. The highest BCUT2D eigenvalue weighted by Crippen LogP contribution is 2.59. The van der Waals surface area contributed by atoms with Gasteiger partial charge in [0, 0.05) is 32.8 Å². The van der Waals surface area contributed by atoms with Crippen LogP contribution < -0.4 is 5.73 Å². The number of hydrogen-bond acceptors (Lipinski definition) is 3. The minimum atomic E-state index is 0.255. The van der Waals surface area contributed by atoms with Crippen LogP contribution in [0.4, 0.5) is 0 Å². The summed E-state index contributed by atoms with van der Waals surface area (Å²) in [7, 11) is 0. The van der Waals surface area contributed by atoms with Gasteiger partial charge < -0.3 is 20.1 Å². The van der Waals surface area contributed by atoms with Gasteiger partial charge in [0.15, 0.2) is 5.96 Å². The highest BCUT2D eigenvalue weighted by Gasteiger charge is 2.53. The smallest absolute Gasteiger partial charge is 0.191 e. The average Bonchev–Trinajstić information content (AvgIpc) is 3.09. The molecule has 0 amide bonds. The summed E-state index contributed by atoms with van der Waals surface area (Å²) in [6.07, 6.45) is 3.99. The van der Waals surface area contributed by atoms with Crippen LogP contribution in [-0.2, 0) is 9.47 Å². The van der Waals surface area contributed by atoms with Gasteiger partial charge in [0.25, 0.3) is 0 Å². The largest absolute Gasteiger partial charge is 0.381 e. The molecule has 2 aliphatic heterocycles. The van der Waals surface area contributed by atoms with E-state index in [1.807, 2.05) is 0 Å². The summed E-state index contributed by atoms with van der Waals surface area (Å²) in [6, 6.07) is 0. The molecule has 3 fully saturated rings. The van der Waals surface area contributed by atoms with E-state index in [0.717, 1.165) is 45.4 Å². The van der Waals surface area contributed by atoms with Gasteiger partial charge in [-0.1, -0.05) is 0 Å². The molecule has 3 aliphatic rings. The van der Waals surface area contributed by atoms with Crippen LogP contribution in [0.25, 0.3) is 0 Å². The molecule has 1 aliphatic carbocycles. The molecule has 0 aromatic heterocycles. The minimum Gasteiger partial charge on any atom is -0.381 e. The second-order valence-electron chi connectivity index (χ2n) is 6.20. The Balaban J connectivity index is 1.49. The number of ether oxygens (including phenoxy) is 2. The van der Waals surface area contributed by atoms with Gasteiger partial charge in [-0.15, -0.1) is 0 Å². The summed E-state index contributed by atoms with van der Waals surface area (Å²) in [5, 5.41) is 0. The van der Waals surface area contributed by atoms with E-state index in [9.17, 15) is 0 Å². The Morgan fingerprint density at radius 1 is 1.37 bits per heavy atom. The van der Waals surface area contributed by atoms with Crippen molar-refractivity contribution < 1.29 is 9.47 Å². The lowest BCUT2D eigenvalue weighted by Crippen LogP contribution is -2.48. The predicted octanol–water partition coefficient (Wildman–Crippen LogP) is 0.838. The summed E-state index contributed by atoms with van der Waals surface area (Å²) < 4.78 is 11.0. The van der Waals surface area contributed by atoms with Crippen LogP contribution in [0, 0.1) is 11.3 Å². The van der Waals surface area contributed by atoms with Gasteiger partial charge >= 0.3 is 0 Å². The third-order valence-corrected chi connectivity index (χ3v) is 4.89. The van der Waals surface area contributed by atoms with Crippen LogP contribution in [0.5, 0.6) is 0 Å². The third-order valence-electron chi connectivity index (χ3n) is 4.89. The normalized spacial score (nSPS) is 34.6. The fourth-order valence-corrected chi connectivity index (χ4v) is 3.41. The van der Waals surface area contributed by atoms with Crippen molar-refractivity contribution in [2.75, 3.05) is 39.5 Å². The monoisotopic (exact) mass is 267 g/mol. The standard InChI is InChI=1S/C14H25N3O2/c1-11-10-17(4-7-19-11)13(15)16-9-12-8-14(12)2-5-18-6-3-14/h11-12H,2-10H2,1H3,(H2,15,16). The first-order chi connectivity index (χ1) is 9.20. The minimum absolute atomic E-state index is 0.255. The van der Waals surface area contributed by atoms with Crippen LogP contribution in [0.3, 0.4) is 0 Å². The first kappa shape index (κ1) is 13.2. The van der Waals surface area contributed by atoms with E-state index in [-0.39, 0.29) is 6.10 Å². The van der Waals surface area contributed by atoms with Crippen LogP contribution in [0.15, 0.2) is 4.99 Å². The van der Waals surface area contributed by atoms with Gasteiger partial charge in [0.2, 0.25) is 0 Å². The highest BCUT2D eigenvalue weighted by molar-refractivity contribution is 5.78. The summed E-state index contributed by atoms with van der Waals surface area (Å²) in [5.74, 6) is 1.43. The van der Waals surface area contributed by atoms with E-state index in [4.69, 9.17) is 15.2 Å². The van der Waals surface area contributed by atoms with Gasteiger partial charge in [-0.2, -0.15) is 0 Å². The lowest BCUT2D eigenvalue weighted by atomic mass is 9.94. The maximum atomic E-state index is 6.10. The van der Waals surface area contributed by atoms with Crippen molar-refractivity contribution in [2.24, 2.45) is 22.1 Å². The molecule has 2 atom stereocenters. The fourth-order valence-electron chi connectivity index (χ4n) is 3.41. The van der Waals surface area contributed by atoms with Crippen LogP contribution in [0.2, 0.25) is 0 Å². The number of morpholine rings is 1. The van der Waals surface area contributed by atoms with Crippen LogP contribution in [0.1, 0.15) is 26.2 Å². The number of rotatable bonds is 2. The molecule has 19 heavy (non-hydrogen) atoms. The molecule has 5 heteroatoms. The number of nitrogens with zero attached hydrogens (tertiary/aromatic N) is 2. The molecule has 2 N–H and O–H groups in total. The zero-order valence-electron chi connectivity index (χ0n) is 11.8. The average molecular weight is 267 g/mol. The Morgan fingerprint density at radius 3 is 2.89 bits per heavy atom. The van der Waals surface area contributed by atoms with Crippen LogP contribution >= 0.6 is 0 Å². The number of nitrogens with two attached hydrogens (primary N) is 1. The molecular weight excluding hydrogens is 242 g/mol. The summed E-state index contributed by atoms with van der Waals surface area (Å²) in [5.41, 5.74) is 6.64. The summed E-state index contributed by atoms with van der Waals surface area (Å²) in [6.45, 7) is 7.30. The number of guanidine groups is 1. The Labute approximate surface area is 115 Å². The van der Waals surface area contributed by atoms with E-state index in [1.54, 1.807) is 0 Å². The first-order valence-corrected chi connectivity index (χ1v) is 7.44. The Morgan fingerprint density at radius 2 is 2.16 bits per heavy atom. The Kier molecular flexibility index (Phi) is 3.67. The molecule has 2 heterocycles. The fraction of sp³-hybridized carbons (Fsp3) is 0.929. The van der Waals surface area contributed by atoms with Gasteiger partial charge in [0.1, 0.15) is 0 Å². The third kappa shape index (κ3) is 2.87. The van der Waals surface area contributed by atoms with Gasteiger partial charge in [-0.05, 0) is 37.5 Å². The molecular formula is C14H25N3O2. The molecule has 108 valence electrons. The molecule has 0 aromatic carbocycles. The van der Waals surface area contributed by atoms with Gasteiger partial charge in [-0.25, -0.2) is 0 Å². The molecule has 0 aromatic rings. The maximum absolute atomic E-state index is 6.10. The number of hydrogen-bond donors (Lipinski definition) is 1. The van der Waals surface area contributed by atoms with Crippen molar-refractivity contribution in [2.45, 2.75) is 32.3 Å². The molecule has 5 nitrogen and oxygen atoms in total. The van der Waals surface area contributed by atoms with Crippen molar-refractivity contribution in [3.8, 4) is 0 Å².